The van der Waals surface area contributed by atoms with Crippen molar-refractivity contribution in [2.45, 2.75) is 20.3 Å². The molecule has 2 N–H and O–H groups in total. The molecule has 0 fully saturated rings. The third-order valence-electron chi connectivity index (χ3n) is 3.40. The van der Waals surface area contributed by atoms with Crippen LogP contribution in [0.15, 0.2) is 42.5 Å². The zero-order valence-electron chi connectivity index (χ0n) is 11.8. The third kappa shape index (κ3) is 3.60. The fourth-order valence-corrected chi connectivity index (χ4v) is 1.97. The molecule has 0 aliphatic rings. The number of aromatic hydroxyl groups is 1. The zero-order valence-corrected chi connectivity index (χ0v) is 11.8. The van der Waals surface area contributed by atoms with E-state index in [1.165, 1.54) is 5.56 Å². The second-order valence-corrected chi connectivity index (χ2v) is 4.97. The molecule has 0 saturated heterocycles. The van der Waals surface area contributed by atoms with Gasteiger partial charge < -0.3 is 10.4 Å². The predicted molar refractivity (Wildman–Crippen MR) is 80.1 cm³/mol. The van der Waals surface area contributed by atoms with E-state index < -0.39 is 0 Å². The fraction of sp³-hybridized carbons (Fsp3) is 0.235. The summed E-state index contributed by atoms with van der Waals surface area (Å²) in [6.45, 7) is 4.61. The summed E-state index contributed by atoms with van der Waals surface area (Å²) in [6.07, 6.45) is 0.747. The van der Waals surface area contributed by atoms with Crippen LogP contribution in [0, 0.1) is 13.8 Å². The van der Waals surface area contributed by atoms with E-state index >= 15 is 0 Å². The van der Waals surface area contributed by atoms with Gasteiger partial charge in [-0.25, -0.2) is 0 Å². The maximum absolute atomic E-state index is 12.0. The first kappa shape index (κ1) is 14.1. The SMILES string of the molecule is Cc1ccc(C(=O)NCCc2ccc(O)cc2)cc1C. The van der Waals surface area contributed by atoms with Crippen molar-refractivity contribution in [3.63, 3.8) is 0 Å². The Bertz CT molecular complexity index is 603. The molecule has 2 rings (SSSR count). The number of nitrogens with one attached hydrogen (secondary N) is 1. The second-order valence-electron chi connectivity index (χ2n) is 4.97. The average Bonchev–Trinajstić information content (AvgIpc) is 2.44. The first-order chi connectivity index (χ1) is 9.56. The van der Waals surface area contributed by atoms with Crippen LogP contribution < -0.4 is 5.32 Å². The molecule has 0 saturated carbocycles. The molecular formula is C17H19NO2. The van der Waals surface area contributed by atoms with Crippen LogP contribution in [0.2, 0.25) is 0 Å². The molecule has 0 bridgehead atoms. The van der Waals surface area contributed by atoms with Crippen LogP contribution in [0.25, 0.3) is 0 Å². The number of phenolic OH excluding ortho intramolecular Hbond substituents is 1. The molecule has 0 spiro atoms. The van der Waals surface area contributed by atoms with Crippen molar-refractivity contribution < 1.29 is 9.90 Å². The van der Waals surface area contributed by atoms with Crippen LogP contribution in [0.4, 0.5) is 0 Å². The van der Waals surface area contributed by atoms with Crippen LogP contribution in [0.3, 0.4) is 0 Å². The van der Waals surface area contributed by atoms with Gasteiger partial charge in [0.2, 0.25) is 0 Å². The van der Waals surface area contributed by atoms with Crippen LogP contribution >= 0.6 is 0 Å². The lowest BCUT2D eigenvalue weighted by Crippen LogP contribution is -2.25. The highest BCUT2D eigenvalue weighted by molar-refractivity contribution is 5.94. The monoisotopic (exact) mass is 269 g/mol. The molecule has 0 radical (unpaired) electrons. The third-order valence-corrected chi connectivity index (χ3v) is 3.40. The smallest absolute Gasteiger partial charge is 0.251 e. The Kier molecular flexibility index (Phi) is 4.41. The van der Waals surface area contributed by atoms with Gasteiger partial charge in [-0.3, -0.25) is 4.79 Å². The average molecular weight is 269 g/mol. The number of carbonyl (C=O) groups excluding carboxylic acids is 1. The van der Waals surface area contributed by atoms with Crippen molar-refractivity contribution in [2.75, 3.05) is 6.54 Å². The lowest BCUT2D eigenvalue weighted by molar-refractivity contribution is 0.0954. The van der Waals surface area contributed by atoms with Gasteiger partial charge in [0.05, 0.1) is 0 Å². The van der Waals surface area contributed by atoms with E-state index in [9.17, 15) is 9.90 Å². The second kappa shape index (κ2) is 6.24. The van der Waals surface area contributed by atoms with Crippen molar-refractivity contribution in [1.82, 2.24) is 5.32 Å². The van der Waals surface area contributed by atoms with Gasteiger partial charge in [0, 0.05) is 12.1 Å². The maximum Gasteiger partial charge on any atom is 0.251 e. The summed E-state index contributed by atoms with van der Waals surface area (Å²) in [4.78, 5) is 12.0. The van der Waals surface area contributed by atoms with Crippen LogP contribution in [0.1, 0.15) is 27.0 Å². The maximum atomic E-state index is 12.0. The number of amides is 1. The van der Waals surface area contributed by atoms with Crippen LogP contribution in [0.5, 0.6) is 5.75 Å². The van der Waals surface area contributed by atoms with Crippen molar-refractivity contribution in [1.29, 1.82) is 0 Å². The normalized spacial score (nSPS) is 10.3. The van der Waals surface area contributed by atoms with Gasteiger partial charge in [0.25, 0.3) is 5.91 Å². The van der Waals surface area contributed by atoms with E-state index in [0.29, 0.717) is 12.1 Å². The summed E-state index contributed by atoms with van der Waals surface area (Å²) < 4.78 is 0. The van der Waals surface area contributed by atoms with Crippen LogP contribution in [-0.2, 0) is 6.42 Å². The minimum Gasteiger partial charge on any atom is -0.508 e. The van der Waals surface area contributed by atoms with E-state index in [1.54, 1.807) is 12.1 Å². The minimum absolute atomic E-state index is 0.0492. The van der Waals surface area contributed by atoms with Gasteiger partial charge in [0.1, 0.15) is 5.75 Å². The van der Waals surface area contributed by atoms with Crippen molar-refractivity contribution >= 4 is 5.91 Å². The Balaban J connectivity index is 1.88. The quantitative estimate of drug-likeness (QED) is 0.896. The molecule has 2 aromatic rings. The molecule has 20 heavy (non-hydrogen) atoms. The van der Waals surface area contributed by atoms with E-state index in [4.69, 9.17) is 0 Å². The number of benzene rings is 2. The highest BCUT2D eigenvalue weighted by Crippen LogP contribution is 2.11. The molecule has 2 aromatic carbocycles. The molecule has 0 atom stereocenters. The molecule has 0 aliphatic carbocycles. The van der Waals surface area contributed by atoms with Gasteiger partial charge >= 0.3 is 0 Å². The largest absolute Gasteiger partial charge is 0.508 e. The Hall–Kier alpha value is -2.29. The Morgan fingerprint density at radius 1 is 1.05 bits per heavy atom. The van der Waals surface area contributed by atoms with E-state index in [-0.39, 0.29) is 11.7 Å². The molecule has 3 nitrogen and oxygen atoms in total. The van der Waals surface area contributed by atoms with E-state index in [0.717, 1.165) is 17.5 Å². The molecule has 0 unspecified atom stereocenters. The number of hydrogen-bond donors (Lipinski definition) is 2. The number of rotatable bonds is 4. The summed E-state index contributed by atoms with van der Waals surface area (Å²) >= 11 is 0. The zero-order chi connectivity index (χ0) is 14.5. The minimum atomic E-state index is -0.0492. The van der Waals surface area contributed by atoms with Crippen molar-refractivity contribution in [2.24, 2.45) is 0 Å². The molecule has 0 aliphatic heterocycles. The van der Waals surface area contributed by atoms with E-state index in [1.807, 2.05) is 44.2 Å². The summed E-state index contributed by atoms with van der Waals surface area (Å²) in [6, 6.07) is 12.7. The van der Waals surface area contributed by atoms with E-state index in [2.05, 4.69) is 5.32 Å². The Labute approximate surface area is 119 Å². The predicted octanol–water partition coefficient (Wildman–Crippen LogP) is 2.98. The van der Waals surface area contributed by atoms with Gasteiger partial charge in [-0.1, -0.05) is 18.2 Å². The van der Waals surface area contributed by atoms with Gasteiger partial charge in [-0.2, -0.15) is 0 Å². The Morgan fingerprint density at radius 3 is 2.40 bits per heavy atom. The number of carbonyl (C=O) groups is 1. The highest BCUT2D eigenvalue weighted by Gasteiger charge is 2.05. The number of hydrogen-bond acceptors (Lipinski definition) is 2. The molecule has 104 valence electrons. The standard InChI is InChI=1S/C17H19NO2/c1-12-3-6-15(11-13(12)2)17(20)18-10-9-14-4-7-16(19)8-5-14/h3-8,11,19H,9-10H2,1-2H3,(H,18,20). The lowest BCUT2D eigenvalue weighted by atomic mass is 10.1. The fourth-order valence-electron chi connectivity index (χ4n) is 1.97. The highest BCUT2D eigenvalue weighted by atomic mass is 16.3. The number of phenols is 1. The first-order valence-corrected chi connectivity index (χ1v) is 6.69. The molecule has 0 heterocycles. The van der Waals surface area contributed by atoms with Crippen molar-refractivity contribution in [3.05, 3.63) is 64.7 Å². The molecule has 3 heteroatoms. The summed E-state index contributed by atoms with van der Waals surface area (Å²) in [5, 5.41) is 12.1. The summed E-state index contributed by atoms with van der Waals surface area (Å²) in [5.74, 6) is 0.208. The van der Waals surface area contributed by atoms with Crippen LogP contribution in [-0.4, -0.2) is 17.6 Å². The molecular weight excluding hydrogens is 250 g/mol. The number of aryl methyl sites for hydroxylation is 2. The summed E-state index contributed by atoms with van der Waals surface area (Å²) in [5.41, 5.74) is 4.09. The first-order valence-electron chi connectivity index (χ1n) is 6.69. The van der Waals surface area contributed by atoms with Gasteiger partial charge in [0.15, 0.2) is 0 Å². The summed E-state index contributed by atoms with van der Waals surface area (Å²) in [7, 11) is 0. The molecule has 1 amide bonds. The van der Waals surface area contributed by atoms with Crippen molar-refractivity contribution in [3.8, 4) is 5.75 Å². The molecule has 0 aromatic heterocycles. The Morgan fingerprint density at radius 2 is 1.75 bits per heavy atom. The van der Waals surface area contributed by atoms with Gasteiger partial charge in [-0.15, -0.1) is 0 Å². The topological polar surface area (TPSA) is 49.3 Å². The lowest BCUT2D eigenvalue weighted by Gasteiger charge is -2.07. The van der Waals surface area contributed by atoms with Gasteiger partial charge in [-0.05, 0) is 61.2 Å².